The highest BCUT2D eigenvalue weighted by atomic mass is 16.5. The van der Waals surface area contributed by atoms with Crippen LogP contribution in [0.5, 0.6) is 5.75 Å². The first-order valence-electron chi connectivity index (χ1n) is 13.0. The first kappa shape index (κ1) is 25.0. The third kappa shape index (κ3) is 4.68. The van der Waals surface area contributed by atoms with Crippen molar-refractivity contribution in [1.82, 2.24) is 0 Å². The number of ketones is 1. The van der Waals surface area contributed by atoms with Gasteiger partial charge in [0.05, 0.1) is 12.7 Å². The fraction of sp³-hybridized carbons (Fsp3) is 0.655. The molecule has 1 N–H and O–H groups in total. The second kappa shape index (κ2) is 9.85. The zero-order valence-electron chi connectivity index (χ0n) is 21.1. The van der Waals surface area contributed by atoms with Crippen LogP contribution in [0.25, 0.3) is 6.08 Å². The van der Waals surface area contributed by atoms with Crippen molar-refractivity contribution >= 4 is 17.8 Å². The molecule has 3 saturated carbocycles. The van der Waals surface area contributed by atoms with E-state index in [4.69, 9.17) is 9.47 Å². The van der Waals surface area contributed by atoms with Gasteiger partial charge in [0.15, 0.2) is 0 Å². The number of benzene rings is 1. The number of rotatable bonds is 6. The Bertz CT molecular complexity index is 921. The van der Waals surface area contributed by atoms with Gasteiger partial charge in [-0.3, -0.25) is 9.59 Å². The van der Waals surface area contributed by atoms with Gasteiger partial charge in [0, 0.05) is 30.6 Å². The average Bonchev–Trinajstić information content (AvgIpc) is 3.10. The summed E-state index contributed by atoms with van der Waals surface area (Å²) in [5.74, 6) is 1.33. The summed E-state index contributed by atoms with van der Waals surface area (Å²) in [6.07, 6.45) is 9.27. The van der Waals surface area contributed by atoms with Crippen molar-refractivity contribution < 1.29 is 24.2 Å². The third-order valence-electron chi connectivity index (χ3n) is 9.16. The predicted molar refractivity (Wildman–Crippen MR) is 132 cm³/mol. The first-order chi connectivity index (χ1) is 16.2. The molecular formula is C29H40O5. The molecule has 1 aromatic rings. The topological polar surface area (TPSA) is 72.8 Å². The molecule has 0 aromatic heterocycles. The molecule has 7 atom stereocenters. The number of aliphatic hydroxyl groups excluding tert-OH is 1. The molecule has 3 unspecified atom stereocenters. The predicted octanol–water partition coefficient (Wildman–Crippen LogP) is 5.59. The highest BCUT2D eigenvalue weighted by molar-refractivity contribution is 5.87. The fourth-order valence-electron chi connectivity index (χ4n) is 7.08. The van der Waals surface area contributed by atoms with Crippen molar-refractivity contribution in [3.8, 4) is 5.75 Å². The van der Waals surface area contributed by atoms with E-state index >= 15 is 0 Å². The van der Waals surface area contributed by atoms with E-state index in [9.17, 15) is 14.7 Å². The van der Waals surface area contributed by atoms with Crippen LogP contribution >= 0.6 is 0 Å². The van der Waals surface area contributed by atoms with E-state index in [2.05, 4.69) is 38.1 Å². The van der Waals surface area contributed by atoms with E-state index < -0.39 is 0 Å². The number of carbonyl (C=O) groups excluding carboxylic acids is 2. The maximum Gasteiger partial charge on any atom is 0.302 e. The van der Waals surface area contributed by atoms with Crippen LogP contribution in [0.2, 0.25) is 0 Å². The lowest BCUT2D eigenvalue weighted by Crippen LogP contribution is -2.54. The SMILES string of the molecule is CCOc1ccc(/C=C/[C@H]2C[C@@H](O)CC[C@]2(C)C2CC[C@]3(C)C(=O)CCC3C2OC(C)=O)cc1. The Hall–Kier alpha value is -2.14. The van der Waals surface area contributed by atoms with Crippen LogP contribution in [0, 0.1) is 28.6 Å². The van der Waals surface area contributed by atoms with Gasteiger partial charge in [-0.2, -0.15) is 0 Å². The largest absolute Gasteiger partial charge is 0.494 e. The van der Waals surface area contributed by atoms with Gasteiger partial charge >= 0.3 is 5.97 Å². The number of esters is 1. The van der Waals surface area contributed by atoms with Crippen LogP contribution in [0.3, 0.4) is 0 Å². The molecule has 186 valence electrons. The summed E-state index contributed by atoms with van der Waals surface area (Å²) in [6, 6.07) is 8.06. The van der Waals surface area contributed by atoms with Crippen LogP contribution in [-0.2, 0) is 14.3 Å². The Labute approximate surface area is 203 Å². The van der Waals surface area contributed by atoms with E-state index in [0.717, 1.165) is 43.4 Å². The lowest BCUT2D eigenvalue weighted by Gasteiger charge is -2.55. The van der Waals surface area contributed by atoms with Gasteiger partial charge in [0.2, 0.25) is 0 Å². The van der Waals surface area contributed by atoms with Crippen molar-refractivity contribution in [3.05, 3.63) is 35.9 Å². The number of allylic oxidation sites excluding steroid dienone is 1. The van der Waals surface area contributed by atoms with Gasteiger partial charge in [0.25, 0.3) is 0 Å². The molecule has 0 radical (unpaired) electrons. The van der Waals surface area contributed by atoms with Gasteiger partial charge in [-0.15, -0.1) is 0 Å². The maximum absolute atomic E-state index is 12.8. The summed E-state index contributed by atoms with van der Waals surface area (Å²) in [7, 11) is 0. The Morgan fingerprint density at radius 1 is 1.12 bits per heavy atom. The summed E-state index contributed by atoms with van der Waals surface area (Å²) in [5, 5.41) is 10.6. The molecule has 0 heterocycles. The monoisotopic (exact) mass is 468 g/mol. The maximum atomic E-state index is 12.8. The van der Waals surface area contributed by atoms with Crippen molar-refractivity contribution in [2.75, 3.05) is 6.61 Å². The summed E-state index contributed by atoms with van der Waals surface area (Å²) in [6.45, 7) is 8.49. The molecule has 3 fully saturated rings. The van der Waals surface area contributed by atoms with Crippen LogP contribution < -0.4 is 4.74 Å². The van der Waals surface area contributed by atoms with Gasteiger partial charge in [-0.1, -0.05) is 38.1 Å². The molecule has 1 aromatic carbocycles. The third-order valence-corrected chi connectivity index (χ3v) is 9.16. The lowest BCUT2D eigenvalue weighted by atomic mass is 9.52. The Kier molecular flexibility index (Phi) is 7.23. The summed E-state index contributed by atoms with van der Waals surface area (Å²) >= 11 is 0. The molecule has 5 nitrogen and oxygen atoms in total. The molecule has 3 aliphatic carbocycles. The number of Topliss-reactive ketones (excluding diaryl/α,β-unsaturated/α-hetero) is 1. The average molecular weight is 469 g/mol. The zero-order valence-corrected chi connectivity index (χ0v) is 21.1. The second-order valence-electron chi connectivity index (χ2n) is 11.1. The summed E-state index contributed by atoms with van der Waals surface area (Å²) in [5.41, 5.74) is 0.600. The van der Waals surface area contributed by atoms with E-state index in [0.29, 0.717) is 25.2 Å². The van der Waals surface area contributed by atoms with E-state index in [1.807, 2.05) is 19.1 Å². The Balaban J connectivity index is 1.62. The molecule has 5 heteroatoms. The Morgan fingerprint density at radius 3 is 2.53 bits per heavy atom. The summed E-state index contributed by atoms with van der Waals surface area (Å²) < 4.78 is 11.6. The molecule has 0 bridgehead atoms. The van der Waals surface area contributed by atoms with Crippen molar-refractivity contribution in [2.45, 2.75) is 84.8 Å². The number of carbonyl (C=O) groups is 2. The van der Waals surface area contributed by atoms with Crippen molar-refractivity contribution in [1.29, 1.82) is 0 Å². The normalized spacial score (nSPS) is 38.0. The molecular weight excluding hydrogens is 428 g/mol. The number of ether oxygens (including phenoxy) is 2. The van der Waals surface area contributed by atoms with Crippen LogP contribution in [-0.4, -0.2) is 35.7 Å². The molecule has 3 aliphatic rings. The fourth-order valence-corrected chi connectivity index (χ4v) is 7.08. The quantitative estimate of drug-likeness (QED) is 0.551. The van der Waals surface area contributed by atoms with Crippen LogP contribution in [0.1, 0.15) is 78.2 Å². The first-order valence-corrected chi connectivity index (χ1v) is 13.0. The minimum atomic E-state index is -0.380. The van der Waals surface area contributed by atoms with E-state index in [-0.39, 0.29) is 46.8 Å². The smallest absolute Gasteiger partial charge is 0.302 e. The number of hydrogen-bond donors (Lipinski definition) is 1. The molecule has 0 aliphatic heterocycles. The molecule has 0 spiro atoms. The van der Waals surface area contributed by atoms with Crippen LogP contribution in [0.4, 0.5) is 0 Å². The molecule has 34 heavy (non-hydrogen) atoms. The zero-order chi connectivity index (χ0) is 24.5. The minimum absolute atomic E-state index is 0.0852. The van der Waals surface area contributed by atoms with Crippen LogP contribution in [0.15, 0.2) is 30.3 Å². The van der Waals surface area contributed by atoms with E-state index in [1.54, 1.807) is 0 Å². The molecule has 4 rings (SSSR count). The van der Waals surface area contributed by atoms with Gasteiger partial charge in [-0.05, 0) is 74.5 Å². The molecule has 0 saturated heterocycles. The number of hydrogen-bond acceptors (Lipinski definition) is 5. The van der Waals surface area contributed by atoms with Gasteiger partial charge in [0.1, 0.15) is 17.6 Å². The highest BCUT2D eigenvalue weighted by Gasteiger charge is 2.59. The lowest BCUT2D eigenvalue weighted by molar-refractivity contribution is -0.174. The summed E-state index contributed by atoms with van der Waals surface area (Å²) in [4.78, 5) is 24.9. The van der Waals surface area contributed by atoms with Gasteiger partial charge in [-0.25, -0.2) is 0 Å². The highest BCUT2D eigenvalue weighted by Crippen LogP contribution is 2.60. The standard InChI is InChI=1S/C29H40O5/c1-5-33-23-10-7-20(8-11-23)6-9-21-18-22(31)14-16-28(21,3)25-15-17-29(4)24(12-13-26(29)32)27(25)34-19(2)30/h6-11,21-22,24-25,27,31H,5,12-18H2,1-4H3/b9-6+/t21-,22-,24?,25?,27?,28-,29-/m0/s1. The molecule has 0 amide bonds. The number of aliphatic hydroxyl groups is 1. The van der Waals surface area contributed by atoms with Crippen molar-refractivity contribution in [2.24, 2.45) is 28.6 Å². The number of fused-ring (bicyclic) bond motifs is 1. The van der Waals surface area contributed by atoms with Crippen molar-refractivity contribution in [3.63, 3.8) is 0 Å². The minimum Gasteiger partial charge on any atom is -0.494 e. The second-order valence-corrected chi connectivity index (χ2v) is 11.1. The Morgan fingerprint density at radius 2 is 1.85 bits per heavy atom. The van der Waals surface area contributed by atoms with E-state index in [1.165, 1.54) is 6.92 Å². The van der Waals surface area contributed by atoms with Gasteiger partial charge < -0.3 is 14.6 Å².